The van der Waals surface area contributed by atoms with Crippen molar-refractivity contribution in [3.05, 3.63) is 30.2 Å². The molecule has 0 saturated carbocycles. The Morgan fingerprint density at radius 2 is 2.29 bits per heavy atom. The van der Waals surface area contributed by atoms with Gasteiger partial charge in [0.25, 0.3) is 5.91 Å². The van der Waals surface area contributed by atoms with Gasteiger partial charge in [0.1, 0.15) is 0 Å². The summed E-state index contributed by atoms with van der Waals surface area (Å²) >= 11 is 0. The van der Waals surface area contributed by atoms with E-state index in [4.69, 9.17) is 0 Å². The summed E-state index contributed by atoms with van der Waals surface area (Å²) in [6, 6.07) is 3.94. The average molecular weight is 285 g/mol. The van der Waals surface area contributed by atoms with Crippen LogP contribution in [0.4, 0.5) is 0 Å². The molecule has 0 aliphatic carbocycles. The molecule has 0 bridgehead atoms. The lowest BCUT2D eigenvalue weighted by Crippen LogP contribution is -2.48. The Kier molecular flexibility index (Phi) is 2.92. The average Bonchev–Trinajstić information content (AvgIpc) is 3.07. The second-order valence-corrected chi connectivity index (χ2v) is 6.14. The van der Waals surface area contributed by atoms with Gasteiger partial charge >= 0.3 is 0 Å². The van der Waals surface area contributed by atoms with Crippen molar-refractivity contribution < 1.29 is 4.79 Å². The maximum Gasteiger partial charge on any atom is 0.274 e. The highest BCUT2D eigenvalue weighted by atomic mass is 16.2. The van der Waals surface area contributed by atoms with Gasteiger partial charge in [-0.1, -0.05) is 0 Å². The van der Waals surface area contributed by atoms with Crippen molar-refractivity contribution in [1.29, 1.82) is 0 Å². The molecule has 0 aromatic carbocycles. The van der Waals surface area contributed by atoms with Gasteiger partial charge in [-0.3, -0.25) is 4.79 Å². The Labute approximate surface area is 123 Å². The van der Waals surface area contributed by atoms with Crippen molar-refractivity contribution in [1.82, 2.24) is 24.4 Å². The number of likely N-dealkylation sites (N-methyl/N-ethyl adjacent to an activating group) is 1. The standard InChI is InChI=1S/C15H19N5O/c1-18-9-11-4-2-6-19(13(11)10-18)15(21)12-8-14-16-5-3-7-20(14)17-12/h3,5,7-8,11,13H,2,4,6,9-10H2,1H3/t11-,13+/m0/s1. The van der Waals surface area contributed by atoms with Crippen molar-refractivity contribution in [3.63, 3.8) is 0 Å². The maximum atomic E-state index is 12.8. The fourth-order valence-electron chi connectivity index (χ4n) is 3.73. The monoisotopic (exact) mass is 285 g/mol. The lowest BCUT2D eigenvalue weighted by Gasteiger charge is -2.36. The lowest BCUT2D eigenvalue weighted by atomic mass is 9.92. The molecule has 21 heavy (non-hydrogen) atoms. The molecule has 6 nitrogen and oxygen atoms in total. The van der Waals surface area contributed by atoms with Crippen LogP contribution in [0.25, 0.3) is 5.65 Å². The smallest absolute Gasteiger partial charge is 0.274 e. The summed E-state index contributed by atoms with van der Waals surface area (Å²) in [5.74, 6) is 0.661. The molecule has 6 heteroatoms. The van der Waals surface area contributed by atoms with Gasteiger partial charge in [-0.25, -0.2) is 9.50 Å². The van der Waals surface area contributed by atoms with E-state index in [1.54, 1.807) is 16.8 Å². The van der Waals surface area contributed by atoms with Crippen LogP contribution in [0.3, 0.4) is 0 Å². The Balaban J connectivity index is 1.64. The van der Waals surface area contributed by atoms with Crippen LogP contribution in [0.5, 0.6) is 0 Å². The normalized spacial score (nSPS) is 26.2. The molecule has 2 saturated heterocycles. The summed E-state index contributed by atoms with van der Waals surface area (Å²) in [6.45, 7) is 2.92. The minimum atomic E-state index is 0.0468. The molecule has 0 unspecified atom stereocenters. The second kappa shape index (κ2) is 4.80. The number of hydrogen-bond acceptors (Lipinski definition) is 4. The summed E-state index contributed by atoms with van der Waals surface area (Å²) < 4.78 is 1.66. The van der Waals surface area contributed by atoms with E-state index in [2.05, 4.69) is 22.0 Å². The zero-order valence-corrected chi connectivity index (χ0v) is 12.1. The zero-order valence-electron chi connectivity index (χ0n) is 12.1. The van der Waals surface area contributed by atoms with E-state index in [1.807, 2.05) is 17.2 Å². The maximum absolute atomic E-state index is 12.8. The van der Waals surface area contributed by atoms with E-state index in [1.165, 1.54) is 6.42 Å². The number of likely N-dealkylation sites (tertiary alicyclic amines) is 2. The lowest BCUT2D eigenvalue weighted by molar-refractivity contribution is 0.0565. The number of amides is 1. The van der Waals surface area contributed by atoms with Crippen LogP contribution < -0.4 is 0 Å². The number of rotatable bonds is 1. The van der Waals surface area contributed by atoms with Gasteiger partial charge < -0.3 is 9.80 Å². The molecule has 0 spiro atoms. The first-order valence-electron chi connectivity index (χ1n) is 7.52. The number of carbonyl (C=O) groups excluding carboxylic acids is 1. The van der Waals surface area contributed by atoms with Crippen LogP contribution in [0.15, 0.2) is 24.5 Å². The SMILES string of the molecule is CN1C[C@@H]2CCCN(C(=O)c3cc4ncccn4n3)[C@@H]2C1. The van der Waals surface area contributed by atoms with Gasteiger partial charge in [0.2, 0.25) is 0 Å². The Morgan fingerprint density at radius 3 is 3.14 bits per heavy atom. The molecule has 110 valence electrons. The van der Waals surface area contributed by atoms with Crippen molar-refractivity contribution in [3.8, 4) is 0 Å². The summed E-state index contributed by atoms with van der Waals surface area (Å²) in [6.07, 6.45) is 5.85. The number of fused-ring (bicyclic) bond motifs is 2. The summed E-state index contributed by atoms with van der Waals surface area (Å²) in [4.78, 5) is 21.4. The van der Waals surface area contributed by atoms with E-state index >= 15 is 0 Å². The molecular weight excluding hydrogens is 266 g/mol. The van der Waals surface area contributed by atoms with Crippen LogP contribution in [0, 0.1) is 5.92 Å². The molecule has 2 aromatic rings. The van der Waals surface area contributed by atoms with Crippen LogP contribution in [0.2, 0.25) is 0 Å². The van der Waals surface area contributed by atoms with E-state index in [0.29, 0.717) is 17.7 Å². The summed E-state index contributed by atoms with van der Waals surface area (Å²) in [5.41, 5.74) is 1.22. The molecule has 1 amide bonds. The number of piperidine rings is 1. The van der Waals surface area contributed by atoms with Gasteiger partial charge in [0.15, 0.2) is 11.3 Å². The number of aromatic nitrogens is 3. The molecule has 0 N–H and O–H groups in total. The van der Waals surface area contributed by atoms with Crippen LogP contribution in [-0.2, 0) is 0 Å². The van der Waals surface area contributed by atoms with E-state index in [0.717, 1.165) is 31.7 Å². The first kappa shape index (κ1) is 12.8. The van der Waals surface area contributed by atoms with Crippen molar-refractivity contribution in [2.24, 2.45) is 5.92 Å². The predicted molar refractivity (Wildman–Crippen MR) is 78.0 cm³/mol. The van der Waals surface area contributed by atoms with Crippen LogP contribution in [0.1, 0.15) is 23.3 Å². The van der Waals surface area contributed by atoms with E-state index in [-0.39, 0.29) is 5.91 Å². The summed E-state index contributed by atoms with van der Waals surface area (Å²) in [5, 5.41) is 4.37. The van der Waals surface area contributed by atoms with Gasteiger partial charge in [-0.15, -0.1) is 0 Å². The topological polar surface area (TPSA) is 53.7 Å². The van der Waals surface area contributed by atoms with Crippen LogP contribution >= 0.6 is 0 Å². The quantitative estimate of drug-likeness (QED) is 0.781. The third-order valence-electron chi connectivity index (χ3n) is 4.68. The van der Waals surface area contributed by atoms with Gasteiger partial charge in [0, 0.05) is 44.1 Å². The van der Waals surface area contributed by atoms with E-state index < -0.39 is 0 Å². The molecule has 2 aliphatic rings. The Hall–Kier alpha value is -1.95. The molecule has 4 heterocycles. The minimum Gasteiger partial charge on any atom is -0.333 e. The molecule has 2 atom stereocenters. The fraction of sp³-hybridized carbons (Fsp3) is 0.533. The Bertz CT molecular complexity index is 649. The summed E-state index contributed by atoms with van der Waals surface area (Å²) in [7, 11) is 2.13. The predicted octanol–water partition coefficient (Wildman–Crippen LogP) is 0.895. The second-order valence-electron chi connectivity index (χ2n) is 6.14. The van der Waals surface area contributed by atoms with Gasteiger partial charge in [-0.05, 0) is 31.9 Å². The third-order valence-corrected chi connectivity index (χ3v) is 4.68. The highest BCUT2D eigenvalue weighted by molar-refractivity contribution is 5.93. The molecule has 2 aliphatic heterocycles. The molecule has 4 rings (SSSR count). The van der Waals surface area contributed by atoms with Crippen molar-refractivity contribution in [2.75, 3.05) is 26.7 Å². The Morgan fingerprint density at radius 1 is 1.38 bits per heavy atom. The number of hydrogen-bond donors (Lipinski definition) is 0. The minimum absolute atomic E-state index is 0.0468. The van der Waals surface area contributed by atoms with Crippen LogP contribution in [-0.4, -0.2) is 63.0 Å². The molecule has 0 radical (unpaired) electrons. The third kappa shape index (κ3) is 2.10. The number of carbonyl (C=O) groups is 1. The first-order valence-corrected chi connectivity index (χ1v) is 7.52. The first-order chi connectivity index (χ1) is 10.2. The largest absolute Gasteiger partial charge is 0.333 e. The van der Waals surface area contributed by atoms with Gasteiger partial charge in [0.05, 0.1) is 0 Å². The molecular formula is C15H19N5O. The van der Waals surface area contributed by atoms with Crippen molar-refractivity contribution >= 4 is 11.6 Å². The van der Waals surface area contributed by atoms with Gasteiger partial charge in [-0.2, -0.15) is 5.10 Å². The molecule has 2 aromatic heterocycles. The number of nitrogens with zero attached hydrogens (tertiary/aromatic N) is 5. The highest BCUT2D eigenvalue weighted by Gasteiger charge is 2.40. The molecule has 2 fully saturated rings. The highest BCUT2D eigenvalue weighted by Crippen LogP contribution is 2.30. The zero-order chi connectivity index (χ0) is 14.4. The fourth-order valence-corrected chi connectivity index (χ4v) is 3.73. The van der Waals surface area contributed by atoms with E-state index in [9.17, 15) is 4.79 Å². The van der Waals surface area contributed by atoms with Crippen molar-refractivity contribution in [2.45, 2.75) is 18.9 Å².